The molecule has 2 aliphatic rings. The highest BCUT2D eigenvalue weighted by atomic mass is 16.5. The number of rotatable bonds is 16. The highest BCUT2D eigenvalue weighted by Crippen LogP contribution is 2.42. The molecule has 3 unspecified atom stereocenters. The lowest BCUT2D eigenvalue weighted by Gasteiger charge is -2.36. The number of allylic oxidation sites excluding steroid dienone is 21. The molecule has 0 amide bonds. The number of carbonyl (C=O) groups excluding carboxylic acids is 3. The monoisotopic (exact) mass is 768 g/mol. The van der Waals surface area contributed by atoms with Crippen molar-refractivity contribution in [2.75, 3.05) is 0 Å². The molecule has 56 heavy (non-hydrogen) atoms. The van der Waals surface area contributed by atoms with E-state index in [0.29, 0.717) is 5.57 Å². The van der Waals surface area contributed by atoms with Crippen molar-refractivity contribution in [3.8, 4) is 0 Å². The average molecular weight is 769 g/mol. The van der Waals surface area contributed by atoms with Crippen molar-refractivity contribution >= 4 is 29.5 Å². The zero-order chi connectivity index (χ0) is 42.6. The third kappa shape index (κ3) is 13.9. The second-order valence-corrected chi connectivity index (χ2v) is 16.4. The van der Waals surface area contributed by atoms with Crippen LogP contribution < -0.4 is 0 Å². The van der Waals surface area contributed by atoms with Crippen molar-refractivity contribution in [2.45, 2.75) is 114 Å². The Kier molecular flexibility index (Phi) is 16.9. The molecule has 0 spiro atoms. The minimum Gasteiger partial charge on any atom is -0.481 e. The molecule has 3 atom stereocenters. The van der Waals surface area contributed by atoms with Crippen LogP contribution in [0.2, 0.25) is 0 Å². The zero-order valence-electron chi connectivity index (χ0n) is 34.9. The molecule has 9 nitrogen and oxygen atoms in total. The van der Waals surface area contributed by atoms with Crippen LogP contribution in [-0.2, 0) is 28.7 Å². The molecule has 0 aromatic heterocycles. The highest BCUT2D eigenvalue weighted by Gasteiger charge is 2.44. The summed E-state index contributed by atoms with van der Waals surface area (Å²) in [4.78, 5) is 60.6. The maximum Gasteiger partial charge on any atom is 0.336 e. The number of carboxylic acids is 2. The van der Waals surface area contributed by atoms with Crippen molar-refractivity contribution in [1.82, 2.24) is 0 Å². The van der Waals surface area contributed by atoms with Crippen molar-refractivity contribution in [1.29, 1.82) is 0 Å². The van der Waals surface area contributed by atoms with E-state index in [1.54, 1.807) is 6.92 Å². The van der Waals surface area contributed by atoms with Crippen LogP contribution in [0.25, 0.3) is 0 Å². The van der Waals surface area contributed by atoms with Crippen LogP contribution in [0.5, 0.6) is 0 Å². The number of hydrogen-bond acceptors (Lipinski definition) is 7. The topological polar surface area (TPSA) is 155 Å². The molecular weight excluding hydrogens is 709 g/mol. The van der Waals surface area contributed by atoms with E-state index in [1.165, 1.54) is 0 Å². The quantitative estimate of drug-likeness (QED) is 0.103. The lowest BCUT2D eigenvalue weighted by Crippen LogP contribution is -2.45. The van der Waals surface area contributed by atoms with E-state index in [-0.39, 0.29) is 23.5 Å². The molecular formula is C47H60O9. The molecule has 0 heterocycles. The Hall–Kier alpha value is -5.15. The number of esters is 1. The van der Waals surface area contributed by atoms with Gasteiger partial charge >= 0.3 is 17.9 Å². The molecule has 0 aromatic rings. The van der Waals surface area contributed by atoms with Gasteiger partial charge in [-0.05, 0) is 81.1 Å². The fraction of sp³-hybridized carbons (Fsp3) is 0.426. The first-order valence-corrected chi connectivity index (χ1v) is 18.9. The molecule has 0 saturated carbocycles. The van der Waals surface area contributed by atoms with E-state index in [2.05, 4.69) is 32.1 Å². The SMILES string of the molecule is CC(C=CC=C(C)C=CC1=C(C)C(=O)C(C)CC1(C)C)=CC=CC=C(C)C=CC=C(C)C=CC1=C(C)C(=O)C(OC(=O)CC(O)(CC(=O)O)C(=O)O)CC1(C)C. The fourth-order valence-corrected chi connectivity index (χ4v) is 7.00. The highest BCUT2D eigenvalue weighted by molar-refractivity contribution is 6.02. The maximum absolute atomic E-state index is 13.2. The summed E-state index contributed by atoms with van der Waals surface area (Å²) in [5.41, 5.74) is 3.85. The van der Waals surface area contributed by atoms with Gasteiger partial charge in [0.05, 0.1) is 12.8 Å². The second kappa shape index (κ2) is 20.1. The van der Waals surface area contributed by atoms with Gasteiger partial charge in [0, 0.05) is 12.3 Å². The van der Waals surface area contributed by atoms with Gasteiger partial charge in [-0.3, -0.25) is 19.2 Å². The van der Waals surface area contributed by atoms with E-state index in [4.69, 9.17) is 9.84 Å². The molecule has 302 valence electrons. The molecule has 2 aliphatic carbocycles. The van der Waals surface area contributed by atoms with Gasteiger partial charge < -0.3 is 20.1 Å². The van der Waals surface area contributed by atoms with Crippen LogP contribution in [0.4, 0.5) is 0 Å². The maximum atomic E-state index is 13.2. The second-order valence-electron chi connectivity index (χ2n) is 16.4. The Morgan fingerprint density at radius 3 is 1.54 bits per heavy atom. The number of ether oxygens (including phenoxy) is 1. The van der Waals surface area contributed by atoms with Gasteiger partial charge in [0.1, 0.15) is 0 Å². The van der Waals surface area contributed by atoms with E-state index in [1.807, 2.05) is 122 Å². The molecule has 0 radical (unpaired) electrons. The van der Waals surface area contributed by atoms with Crippen LogP contribution in [0.15, 0.2) is 130 Å². The van der Waals surface area contributed by atoms with Gasteiger partial charge in [-0.2, -0.15) is 0 Å². The standard InChI is InChI=1S/C47H60O9/c1-30(18-14-20-32(3)22-24-37-35(6)42(51)34(5)26-45(37,8)9)16-12-13-17-31(2)19-15-21-33(4)23-25-38-36(7)43(52)39(27-46(38,10)11)56-41(50)29-47(55,44(53)54)28-40(48)49/h12-25,34,39,55H,26-29H2,1-11H3,(H,48,49)(H,53,54). The third-order valence-corrected chi connectivity index (χ3v) is 10.1. The summed E-state index contributed by atoms with van der Waals surface area (Å²) in [5.74, 6) is -4.77. The van der Waals surface area contributed by atoms with Gasteiger partial charge in [-0.25, -0.2) is 4.79 Å². The smallest absolute Gasteiger partial charge is 0.336 e. The number of ketones is 2. The number of aliphatic carboxylic acids is 2. The number of carbonyl (C=O) groups is 5. The van der Waals surface area contributed by atoms with Gasteiger partial charge in [0.2, 0.25) is 0 Å². The number of aliphatic hydroxyl groups is 1. The fourth-order valence-electron chi connectivity index (χ4n) is 7.00. The molecule has 3 N–H and O–H groups in total. The van der Waals surface area contributed by atoms with E-state index < -0.39 is 53.7 Å². The minimum atomic E-state index is -2.85. The number of Topliss-reactive ketones (excluding diaryl/α,β-unsaturated/α-hetero) is 2. The van der Waals surface area contributed by atoms with Crippen LogP contribution >= 0.6 is 0 Å². The van der Waals surface area contributed by atoms with Crippen molar-refractivity contribution in [3.63, 3.8) is 0 Å². The summed E-state index contributed by atoms with van der Waals surface area (Å²) in [6.45, 7) is 21.8. The van der Waals surface area contributed by atoms with Gasteiger partial charge in [-0.15, -0.1) is 0 Å². The Morgan fingerprint density at radius 2 is 1.09 bits per heavy atom. The third-order valence-electron chi connectivity index (χ3n) is 10.1. The van der Waals surface area contributed by atoms with Crippen LogP contribution in [0, 0.1) is 16.7 Å². The first-order valence-electron chi connectivity index (χ1n) is 18.9. The molecule has 0 fully saturated rings. The van der Waals surface area contributed by atoms with Crippen LogP contribution in [0.3, 0.4) is 0 Å². The molecule has 0 aromatic carbocycles. The van der Waals surface area contributed by atoms with Crippen LogP contribution in [-0.4, -0.2) is 56.5 Å². The number of carboxylic acid groups (broad SMARTS) is 2. The van der Waals surface area contributed by atoms with Crippen molar-refractivity contribution in [2.24, 2.45) is 16.7 Å². The Labute approximate surface area is 332 Å². The first-order chi connectivity index (χ1) is 25.9. The lowest BCUT2D eigenvalue weighted by molar-refractivity contribution is -0.174. The van der Waals surface area contributed by atoms with Crippen molar-refractivity contribution in [3.05, 3.63) is 130 Å². The number of hydrogen-bond donors (Lipinski definition) is 3. The first kappa shape index (κ1) is 47.0. The van der Waals surface area contributed by atoms with Crippen LogP contribution in [0.1, 0.15) is 102 Å². The molecule has 0 bridgehead atoms. The Balaban J connectivity index is 2.00. The predicted molar refractivity (Wildman–Crippen MR) is 221 cm³/mol. The Bertz CT molecular complexity index is 1910. The van der Waals surface area contributed by atoms with Crippen molar-refractivity contribution < 1.29 is 44.0 Å². The largest absolute Gasteiger partial charge is 0.481 e. The van der Waals surface area contributed by atoms with Gasteiger partial charge in [0.25, 0.3) is 0 Å². The normalized spacial score (nSPS) is 22.7. The van der Waals surface area contributed by atoms with E-state index >= 15 is 0 Å². The summed E-state index contributed by atoms with van der Waals surface area (Å²) in [5, 5.41) is 28.4. The summed E-state index contributed by atoms with van der Waals surface area (Å²) >= 11 is 0. The van der Waals surface area contributed by atoms with Gasteiger partial charge in [0.15, 0.2) is 23.3 Å². The van der Waals surface area contributed by atoms with Gasteiger partial charge in [-0.1, -0.05) is 142 Å². The summed E-state index contributed by atoms with van der Waals surface area (Å²) in [7, 11) is 0. The minimum absolute atomic E-state index is 0.0296. The molecule has 0 saturated heterocycles. The summed E-state index contributed by atoms with van der Waals surface area (Å²) in [6.07, 6.45) is 25.4. The molecule has 2 rings (SSSR count). The van der Waals surface area contributed by atoms with E-state index in [9.17, 15) is 34.2 Å². The zero-order valence-corrected chi connectivity index (χ0v) is 34.9. The summed E-state index contributed by atoms with van der Waals surface area (Å²) in [6, 6.07) is 0. The average Bonchev–Trinajstić information content (AvgIpc) is 3.06. The molecule has 9 heteroatoms. The summed E-state index contributed by atoms with van der Waals surface area (Å²) < 4.78 is 5.28. The predicted octanol–water partition coefficient (Wildman–Crippen LogP) is 9.41. The van der Waals surface area contributed by atoms with E-state index in [0.717, 1.165) is 45.4 Å². The Morgan fingerprint density at radius 1 is 0.679 bits per heavy atom. The lowest BCUT2D eigenvalue weighted by atomic mass is 9.68. The molecule has 0 aliphatic heterocycles.